The minimum atomic E-state index is 1.09. The third-order valence-electron chi connectivity index (χ3n) is 3.27. The van der Waals surface area contributed by atoms with E-state index in [1.165, 1.54) is 60.7 Å². The van der Waals surface area contributed by atoms with Gasteiger partial charge >= 0.3 is 0 Å². The number of nitrogens with one attached hydrogen (secondary N) is 1. The summed E-state index contributed by atoms with van der Waals surface area (Å²) in [6, 6.07) is 6.45. The number of halogens is 1. The first-order valence-electron chi connectivity index (χ1n) is 7.24. The van der Waals surface area contributed by atoms with Gasteiger partial charge in [-0.2, -0.15) is 0 Å². The Morgan fingerprint density at radius 2 is 1.67 bits per heavy atom. The molecule has 0 aliphatic rings. The van der Waals surface area contributed by atoms with E-state index < -0.39 is 0 Å². The van der Waals surface area contributed by atoms with Crippen molar-refractivity contribution in [3.63, 3.8) is 0 Å². The number of anilines is 1. The lowest BCUT2D eigenvalue weighted by atomic mass is 10.1. The number of rotatable bonds is 9. The van der Waals surface area contributed by atoms with Gasteiger partial charge in [-0.3, -0.25) is 0 Å². The van der Waals surface area contributed by atoms with Gasteiger partial charge in [0, 0.05) is 16.7 Å². The molecule has 0 saturated carbocycles. The Morgan fingerprint density at radius 1 is 1.00 bits per heavy atom. The molecule has 0 aromatic heterocycles. The van der Waals surface area contributed by atoms with Crippen LogP contribution in [0.2, 0.25) is 0 Å². The van der Waals surface area contributed by atoms with E-state index in [-0.39, 0.29) is 0 Å². The number of benzene rings is 1. The fourth-order valence-corrected chi connectivity index (χ4v) is 2.32. The lowest BCUT2D eigenvalue weighted by Crippen LogP contribution is -2.01. The monoisotopic (exact) mass is 311 g/mol. The van der Waals surface area contributed by atoms with Crippen molar-refractivity contribution in [1.29, 1.82) is 0 Å². The standard InChI is InChI=1S/C16H26BrN/c1-3-4-5-6-7-8-9-12-18-15-10-11-16(17)14(2)13-15/h10-11,13,18H,3-9,12H2,1-2H3. The molecule has 0 heterocycles. The molecule has 0 bridgehead atoms. The maximum Gasteiger partial charge on any atom is 0.0343 e. The van der Waals surface area contributed by atoms with Crippen molar-refractivity contribution in [2.45, 2.75) is 58.8 Å². The first-order valence-corrected chi connectivity index (χ1v) is 8.03. The van der Waals surface area contributed by atoms with Crippen LogP contribution in [0, 0.1) is 6.92 Å². The van der Waals surface area contributed by atoms with Crippen LogP contribution in [-0.2, 0) is 0 Å². The second kappa shape index (κ2) is 9.43. The van der Waals surface area contributed by atoms with E-state index in [0.717, 1.165) is 6.54 Å². The largest absolute Gasteiger partial charge is 0.385 e. The van der Waals surface area contributed by atoms with E-state index in [9.17, 15) is 0 Å². The number of hydrogen-bond donors (Lipinski definition) is 1. The van der Waals surface area contributed by atoms with Crippen LogP contribution in [0.1, 0.15) is 57.4 Å². The Hall–Kier alpha value is -0.500. The fraction of sp³-hybridized carbons (Fsp3) is 0.625. The molecule has 0 amide bonds. The Kier molecular flexibility index (Phi) is 8.15. The summed E-state index contributed by atoms with van der Waals surface area (Å²) in [4.78, 5) is 0. The molecule has 102 valence electrons. The van der Waals surface area contributed by atoms with Gasteiger partial charge in [0.2, 0.25) is 0 Å². The maximum absolute atomic E-state index is 3.52. The minimum absolute atomic E-state index is 1.09. The number of hydrogen-bond acceptors (Lipinski definition) is 1. The lowest BCUT2D eigenvalue weighted by molar-refractivity contribution is 0.596. The molecule has 0 saturated heterocycles. The van der Waals surface area contributed by atoms with Crippen molar-refractivity contribution in [3.8, 4) is 0 Å². The summed E-state index contributed by atoms with van der Waals surface area (Å²) in [6.45, 7) is 5.49. The molecule has 0 spiro atoms. The molecule has 0 fully saturated rings. The Balaban J connectivity index is 2.05. The van der Waals surface area contributed by atoms with Crippen molar-refractivity contribution >= 4 is 21.6 Å². The van der Waals surface area contributed by atoms with Crippen molar-refractivity contribution in [2.24, 2.45) is 0 Å². The predicted molar refractivity (Wildman–Crippen MR) is 85.4 cm³/mol. The van der Waals surface area contributed by atoms with Gasteiger partial charge in [-0.1, -0.05) is 61.4 Å². The van der Waals surface area contributed by atoms with Crippen LogP contribution in [0.3, 0.4) is 0 Å². The van der Waals surface area contributed by atoms with Crippen molar-refractivity contribution in [2.75, 3.05) is 11.9 Å². The quantitative estimate of drug-likeness (QED) is 0.558. The summed E-state index contributed by atoms with van der Waals surface area (Å²) in [5.41, 5.74) is 2.53. The predicted octanol–water partition coefficient (Wildman–Crippen LogP) is 5.92. The molecular formula is C16H26BrN. The zero-order valence-corrected chi connectivity index (χ0v) is 13.4. The van der Waals surface area contributed by atoms with Crippen LogP contribution in [-0.4, -0.2) is 6.54 Å². The van der Waals surface area contributed by atoms with Gasteiger partial charge in [0.05, 0.1) is 0 Å². The van der Waals surface area contributed by atoms with Gasteiger partial charge in [-0.25, -0.2) is 0 Å². The molecule has 0 unspecified atom stereocenters. The van der Waals surface area contributed by atoms with E-state index in [1.54, 1.807) is 0 Å². The molecule has 1 aromatic rings. The average Bonchev–Trinajstić information content (AvgIpc) is 2.37. The van der Waals surface area contributed by atoms with Gasteiger partial charge in [0.1, 0.15) is 0 Å². The van der Waals surface area contributed by atoms with Gasteiger partial charge < -0.3 is 5.32 Å². The highest BCUT2D eigenvalue weighted by molar-refractivity contribution is 9.10. The first-order chi connectivity index (χ1) is 8.74. The molecule has 0 aliphatic heterocycles. The normalized spacial score (nSPS) is 10.6. The summed E-state index contributed by atoms with van der Waals surface area (Å²) in [5, 5.41) is 3.49. The molecule has 1 nitrogen and oxygen atoms in total. The van der Waals surface area contributed by atoms with Crippen LogP contribution in [0.15, 0.2) is 22.7 Å². The molecule has 0 atom stereocenters. The van der Waals surface area contributed by atoms with E-state index in [2.05, 4.69) is 53.3 Å². The summed E-state index contributed by atoms with van der Waals surface area (Å²) in [7, 11) is 0. The molecule has 0 aliphatic carbocycles. The van der Waals surface area contributed by atoms with Crippen LogP contribution < -0.4 is 5.32 Å². The summed E-state index contributed by atoms with van der Waals surface area (Å²) < 4.78 is 1.18. The maximum atomic E-state index is 3.52. The van der Waals surface area contributed by atoms with Gasteiger partial charge in [-0.05, 0) is 37.1 Å². The average molecular weight is 312 g/mol. The zero-order valence-electron chi connectivity index (χ0n) is 11.8. The summed E-state index contributed by atoms with van der Waals surface area (Å²) in [6.07, 6.45) is 9.58. The second-order valence-electron chi connectivity index (χ2n) is 5.01. The molecule has 2 heteroatoms. The SMILES string of the molecule is CCCCCCCCCNc1ccc(Br)c(C)c1. The Bertz CT molecular complexity index is 336. The minimum Gasteiger partial charge on any atom is -0.385 e. The molecular weight excluding hydrogens is 286 g/mol. The zero-order chi connectivity index (χ0) is 13.2. The number of unbranched alkanes of at least 4 members (excludes halogenated alkanes) is 6. The molecule has 1 aromatic carbocycles. The Labute approximate surface area is 120 Å². The van der Waals surface area contributed by atoms with Crippen LogP contribution >= 0.6 is 15.9 Å². The van der Waals surface area contributed by atoms with Gasteiger partial charge in [0.25, 0.3) is 0 Å². The number of aryl methyl sites for hydroxylation is 1. The van der Waals surface area contributed by atoms with Crippen molar-refractivity contribution < 1.29 is 0 Å². The molecule has 18 heavy (non-hydrogen) atoms. The summed E-state index contributed by atoms with van der Waals surface area (Å²) >= 11 is 3.52. The van der Waals surface area contributed by atoms with Crippen molar-refractivity contribution in [3.05, 3.63) is 28.2 Å². The Morgan fingerprint density at radius 3 is 2.33 bits per heavy atom. The van der Waals surface area contributed by atoms with E-state index >= 15 is 0 Å². The highest BCUT2D eigenvalue weighted by atomic mass is 79.9. The highest BCUT2D eigenvalue weighted by Crippen LogP contribution is 2.20. The first kappa shape index (κ1) is 15.6. The van der Waals surface area contributed by atoms with E-state index in [1.807, 2.05) is 0 Å². The topological polar surface area (TPSA) is 12.0 Å². The van der Waals surface area contributed by atoms with Crippen LogP contribution in [0.25, 0.3) is 0 Å². The molecule has 0 radical (unpaired) electrons. The third kappa shape index (κ3) is 6.44. The van der Waals surface area contributed by atoms with Crippen molar-refractivity contribution in [1.82, 2.24) is 0 Å². The van der Waals surface area contributed by atoms with E-state index in [0.29, 0.717) is 0 Å². The molecule has 1 rings (SSSR count). The fourth-order valence-electron chi connectivity index (χ4n) is 2.07. The van der Waals surface area contributed by atoms with Crippen LogP contribution in [0.5, 0.6) is 0 Å². The van der Waals surface area contributed by atoms with Gasteiger partial charge in [0.15, 0.2) is 0 Å². The van der Waals surface area contributed by atoms with E-state index in [4.69, 9.17) is 0 Å². The smallest absolute Gasteiger partial charge is 0.0343 e. The van der Waals surface area contributed by atoms with Crippen LogP contribution in [0.4, 0.5) is 5.69 Å². The second-order valence-corrected chi connectivity index (χ2v) is 5.87. The highest BCUT2D eigenvalue weighted by Gasteiger charge is 1.96. The van der Waals surface area contributed by atoms with Gasteiger partial charge in [-0.15, -0.1) is 0 Å². The molecule has 1 N–H and O–H groups in total. The summed E-state index contributed by atoms with van der Waals surface area (Å²) in [5.74, 6) is 0. The lowest BCUT2D eigenvalue weighted by Gasteiger charge is -2.08. The third-order valence-corrected chi connectivity index (χ3v) is 4.16.